The minimum Gasteiger partial charge on any atom is -0.386 e. The van der Waals surface area contributed by atoms with Gasteiger partial charge in [0.25, 0.3) is 0 Å². The van der Waals surface area contributed by atoms with Gasteiger partial charge in [-0.1, -0.05) is 11.6 Å². The van der Waals surface area contributed by atoms with Crippen molar-refractivity contribution in [3.63, 3.8) is 0 Å². The van der Waals surface area contributed by atoms with E-state index in [2.05, 4.69) is 4.98 Å². The van der Waals surface area contributed by atoms with E-state index in [0.29, 0.717) is 0 Å². The summed E-state index contributed by atoms with van der Waals surface area (Å²) in [4.78, 5) is 15.6. The number of carbonyl (C=O) groups excluding carboxylic acids is 1. The number of aliphatic hydroxyl groups is 1. The van der Waals surface area contributed by atoms with Gasteiger partial charge in [-0.3, -0.25) is 4.79 Å². The zero-order valence-electron chi connectivity index (χ0n) is 9.63. The summed E-state index contributed by atoms with van der Waals surface area (Å²) in [6, 6.07) is 1.29. The first-order chi connectivity index (χ1) is 7.80. The van der Waals surface area contributed by atoms with Crippen LogP contribution < -0.4 is 0 Å². The molecule has 0 unspecified atom stereocenters. The number of aromatic nitrogens is 1. The van der Waals surface area contributed by atoms with E-state index in [4.69, 9.17) is 11.6 Å². The van der Waals surface area contributed by atoms with Crippen LogP contribution in [0.1, 0.15) is 42.7 Å². The van der Waals surface area contributed by atoms with Crippen molar-refractivity contribution in [3.8, 4) is 0 Å². The zero-order valence-corrected chi connectivity index (χ0v) is 10.4. The molecule has 0 bridgehead atoms. The third kappa shape index (κ3) is 2.48. The van der Waals surface area contributed by atoms with Crippen molar-refractivity contribution >= 4 is 17.4 Å². The molecule has 0 radical (unpaired) electrons. The van der Waals surface area contributed by atoms with E-state index < -0.39 is 11.4 Å². The summed E-state index contributed by atoms with van der Waals surface area (Å²) in [6.07, 6.45) is 1.68. The lowest BCUT2D eigenvalue weighted by Crippen LogP contribution is -2.20. The highest BCUT2D eigenvalue weighted by atomic mass is 35.5. The van der Waals surface area contributed by atoms with Crippen molar-refractivity contribution in [2.24, 2.45) is 5.92 Å². The van der Waals surface area contributed by atoms with Crippen LogP contribution >= 0.6 is 11.6 Å². The highest BCUT2D eigenvalue weighted by Gasteiger charge is 2.33. The monoisotopic (exact) mass is 257 g/mol. The molecular weight excluding hydrogens is 245 g/mol. The van der Waals surface area contributed by atoms with Gasteiger partial charge < -0.3 is 5.11 Å². The van der Waals surface area contributed by atoms with Gasteiger partial charge >= 0.3 is 0 Å². The van der Waals surface area contributed by atoms with Gasteiger partial charge in [0, 0.05) is 11.5 Å². The van der Waals surface area contributed by atoms with Crippen LogP contribution in [0.5, 0.6) is 0 Å². The number of nitrogens with zero attached hydrogens (tertiary/aromatic N) is 1. The molecule has 0 saturated heterocycles. The number of Topliss-reactive ketones (excluding diaryl/α,β-unsaturated/α-hetero) is 1. The molecule has 1 heterocycles. The lowest BCUT2D eigenvalue weighted by atomic mass is 9.97. The molecule has 92 valence electrons. The largest absolute Gasteiger partial charge is 0.386 e. The minimum atomic E-state index is -1.39. The summed E-state index contributed by atoms with van der Waals surface area (Å²) >= 11 is 5.64. The number of hydrogen-bond donors (Lipinski definition) is 1. The molecule has 1 aromatic heterocycles. The molecule has 1 aliphatic rings. The second-order valence-corrected chi connectivity index (χ2v) is 5.22. The predicted octanol–water partition coefficient (Wildman–Crippen LogP) is 2.69. The molecule has 1 aromatic rings. The van der Waals surface area contributed by atoms with Crippen LogP contribution in [0.2, 0.25) is 5.15 Å². The van der Waals surface area contributed by atoms with E-state index in [1.807, 2.05) is 0 Å². The number of halogens is 2. The summed E-state index contributed by atoms with van der Waals surface area (Å²) in [5.74, 6) is -0.914. The van der Waals surface area contributed by atoms with Crippen molar-refractivity contribution in [1.82, 2.24) is 4.98 Å². The van der Waals surface area contributed by atoms with Gasteiger partial charge in [-0.15, -0.1) is 0 Å². The van der Waals surface area contributed by atoms with E-state index in [1.165, 1.54) is 19.9 Å². The molecular formula is C12H13ClFNO2. The van der Waals surface area contributed by atoms with E-state index in [-0.39, 0.29) is 28.1 Å². The maximum absolute atomic E-state index is 13.7. The van der Waals surface area contributed by atoms with Crippen LogP contribution in [0.3, 0.4) is 0 Å². The van der Waals surface area contributed by atoms with E-state index in [1.54, 1.807) is 0 Å². The average Bonchev–Trinajstić information content (AvgIpc) is 3.02. The quantitative estimate of drug-likeness (QED) is 0.669. The van der Waals surface area contributed by atoms with E-state index >= 15 is 0 Å². The highest BCUT2D eigenvalue weighted by Crippen LogP contribution is 2.34. The van der Waals surface area contributed by atoms with Crippen molar-refractivity contribution < 1.29 is 14.3 Å². The van der Waals surface area contributed by atoms with E-state index in [0.717, 1.165) is 12.8 Å². The Balaban J connectivity index is 2.49. The number of carbonyl (C=O) groups is 1. The molecule has 0 amide bonds. The van der Waals surface area contributed by atoms with Crippen molar-refractivity contribution in [2.45, 2.75) is 32.3 Å². The van der Waals surface area contributed by atoms with Gasteiger partial charge in [0.2, 0.25) is 0 Å². The van der Waals surface area contributed by atoms with Gasteiger partial charge in [-0.05, 0) is 32.8 Å². The summed E-state index contributed by atoms with van der Waals surface area (Å²) in [7, 11) is 0. The normalized spacial score (nSPS) is 16.1. The van der Waals surface area contributed by atoms with Crippen molar-refractivity contribution in [3.05, 3.63) is 28.3 Å². The minimum absolute atomic E-state index is 0.00139. The lowest BCUT2D eigenvalue weighted by Gasteiger charge is -2.19. The Hall–Kier alpha value is -1.000. The molecule has 0 aromatic carbocycles. The van der Waals surface area contributed by atoms with Crippen molar-refractivity contribution in [1.29, 1.82) is 0 Å². The van der Waals surface area contributed by atoms with Gasteiger partial charge in [0.05, 0.1) is 5.60 Å². The molecule has 1 saturated carbocycles. The summed E-state index contributed by atoms with van der Waals surface area (Å²) < 4.78 is 13.7. The Morgan fingerprint density at radius 1 is 1.59 bits per heavy atom. The SMILES string of the molecule is CC(C)(O)c1cc(C(=O)C2CC2)nc(Cl)c1F. The second kappa shape index (κ2) is 4.03. The number of pyridine rings is 1. The lowest BCUT2D eigenvalue weighted by molar-refractivity contribution is 0.0742. The predicted molar refractivity (Wildman–Crippen MR) is 61.5 cm³/mol. The third-order valence-corrected chi connectivity index (χ3v) is 3.03. The summed E-state index contributed by atoms with van der Waals surface area (Å²) in [5, 5.41) is 9.45. The Morgan fingerprint density at radius 2 is 2.18 bits per heavy atom. The molecule has 3 nitrogen and oxygen atoms in total. The highest BCUT2D eigenvalue weighted by molar-refractivity contribution is 6.29. The molecule has 1 fully saturated rings. The topological polar surface area (TPSA) is 50.2 Å². The smallest absolute Gasteiger partial charge is 0.184 e. The fraction of sp³-hybridized carbons (Fsp3) is 0.500. The number of ketones is 1. The fourth-order valence-corrected chi connectivity index (χ4v) is 1.82. The molecule has 1 N–H and O–H groups in total. The number of hydrogen-bond acceptors (Lipinski definition) is 3. The molecule has 17 heavy (non-hydrogen) atoms. The van der Waals surface area contributed by atoms with Crippen LogP contribution in [-0.2, 0) is 5.60 Å². The van der Waals surface area contributed by atoms with Crippen molar-refractivity contribution in [2.75, 3.05) is 0 Å². The first-order valence-corrected chi connectivity index (χ1v) is 5.81. The van der Waals surface area contributed by atoms with Crippen LogP contribution in [0, 0.1) is 11.7 Å². The van der Waals surface area contributed by atoms with Gasteiger partial charge in [-0.25, -0.2) is 9.37 Å². The number of rotatable bonds is 3. The molecule has 0 atom stereocenters. The zero-order chi connectivity index (χ0) is 12.8. The van der Waals surface area contributed by atoms with Gasteiger partial charge in [-0.2, -0.15) is 0 Å². The summed E-state index contributed by atoms with van der Waals surface area (Å²) in [5.41, 5.74) is -1.26. The van der Waals surface area contributed by atoms with E-state index in [9.17, 15) is 14.3 Å². The molecule has 1 aliphatic carbocycles. The molecule has 2 rings (SSSR count). The van der Waals surface area contributed by atoms with Crippen LogP contribution in [0.4, 0.5) is 4.39 Å². The average molecular weight is 258 g/mol. The Bertz CT molecular complexity index is 478. The molecule has 0 spiro atoms. The Kier molecular flexibility index (Phi) is 2.96. The first-order valence-electron chi connectivity index (χ1n) is 5.44. The standard InChI is InChI=1S/C12H13ClFNO2/c1-12(2,17)7-5-8(10(16)6-3-4-6)15-11(13)9(7)14/h5-6,17H,3-4H2,1-2H3. The van der Waals surface area contributed by atoms with Gasteiger partial charge in [0.1, 0.15) is 5.69 Å². The Morgan fingerprint density at radius 3 is 2.65 bits per heavy atom. The third-order valence-electron chi connectivity index (χ3n) is 2.78. The fourth-order valence-electron chi connectivity index (χ4n) is 1.62. The Labute approximate surface area is 104 Å². The van der Waals surface area contributed by atoms with Crippen LogP contribution in [0.15, 0.2) is 6.07 Å². The second-order valence-electron chi connectivity index (χ2n) is 4.86. The first kappa shape index (κ1) is 12.5. The maximum Gasteiger partial charge on any atom is 0.184 e. The maximum atomic E-state index is 13.7. The van der Waals surface area contributed by atoms with Crippen LogP contribution in [0.25, 0.3) is 0 Å². The summed E-state index contributed by atoms with van der Waals surface area (Å²) in [6.45, 7) is 2.88. The van der Waals surface area contributed by atoms with Crippen LogP contribution in [-0.4, -0.2) is 15.9 Å². The molecule has 5 heteroatoms. The van der Waals surface area contributed by atoms with Gasteiger partial charge in [0.15, 0.2) is 16.8 Å². The molecule has 0 aliphatic heterocycles.